The lowest BCUT2D eigenvalue weighted by atomic mass is 10.1. The maximum atomic E-state index is 13.4. The zero-order valence-corrected chi connectivity index (χ0v) is 19.7. The fourth-order valence-electron chi connectivity index (χ4n) is 3.30. The first-order valence-electron chi connectivity index (χ1n) is 10.5. The molecule has 3 aromatic carbocycles. The smallest absolute Gasteiger partial charge is 0.335 e. The molecule has 0 spiro atoms. The van der Waals surface area contributed by atoms with E-state index in [-0.39, 0.29) is 23.9 Å². The fraction of sp³-hybridized carbons (Fsp3) is 0.115. The number of carboxylic acids is 1. The summed E-state index contributed by atoms with van der Waals surface area (Å²) in [5, 5.41) is 9.61. The summed E-state index contributed by atoms with van der Waals surface area (Å²) in [6.45, 7) is 0.177. The van der Waals surface area contributed by atoms with E-state index in [1.54, 1.807) is 55.6 Å². The van der Waals surface area contributed by atoms with Crippen molar-refractivity contribution in [2.24, 2.45) is 4.99 Å². The fourth-order valence-corrected chi connectivity index (χ4v) is 4.29. The van der Waals surface area contributed by atoms with Crippen LogP contribution in [-0.2, 0) is 11.4 Å². The van der Waals surface area contributed by atoms with E-state index >= 15 is 0 Å². The lowest BCUT2D eigenvalue weighted by Crippen LogP contribution is -2.23. The lowest BCUT2D eigenvalue weighted by molar-refractivity contribution is -0.121. The molecule has 0 radical (unpaired) electrons. The molecule has 9 heteroatoms. The van der Waals surface area contributed by atoms with E-state index in [1.807, 2.05) is 0 Å². The van der Waals surface area contributed by atoms with Crippen LogP contribution < -0.4 is 9.47 Å². The number of rotatable bonds is 7. The van der Waals surface area contributed by atoms with Gasteiger partial charge in [0.15, 0.2) is 16.7 Å². The predicted molar refractivity (Wildman–Crippen MR) is 133 cm³/mol. The van der Waals surface area contributed by atoms with Crippen LogP contribution in [0.3, 0.4) is 0 Å². The summed E-state index contributed by atoms with van der Waals surface area (Å²) in [5.74, 6) is -0.649. The second-order valence-electron chi connectivity index (χ2n) is 7.55. The Kier molecular flexibility index (Phi) is 7.17. The maximum Gasteiger partial charge on any atom is 0.335 e. The van der Waals surface area contributed by atoms with Gasteiger partial charge in [0.25, 0.3) is 5.91 Å². The van der Waals surface area contributed by atoms with E-state index in [9.17, 15) is 19.1 Å². The summed E-state index contributed by atoms with van der Waals surface area (Å²) >= 11 is 1.19. The van der Waals surface area contributed by atoms with E-state index < -0.39 is 5.97 Å². The number of ether oxygens (including phenoxy) is 2. The van der Waals surface area contributed by atoms with Crippen molar-refractivity contribution in [3.63, 3.8) is 0 Å². The summed E-state index contributed by atoms with van der Waals surface area (Å²) in [6, 6.07) is 17.6. The molecule has 35 heavy (non-hydrogen) atoms. The van der Waals surface area contributed by atoms with Gasteiger partial charge in [-0.15, -0.1) is 0 Å². The van der Waals surface area contributed by atoms with Crippen LogP contribution in [0.25, 0.3) is 6.08 Å². The van der Waals surface area contributed by atoms with Gasteiger partial charge in [-0.2, -0.15) is 0 Å². The summed E-state index contributed by atoms with van der Waals surface area (Å²) in [7, 11) is 3.13. The number of likely N-dealkylation sites (N-methyl/N-ethyl adjacent to an activating group) is 1. The first kappa shape index (κ1) is 24.0. The van der Waals surface area contributed by atoms with Crippen molar-refractivity contribution >= 4 is 40.6 Å². The molecule has 1 aliphatic rings. The summed E-state index contributed by atoms with van der Waals surface area (Å²) in [5.41, 5.74) is 1.97. The van der Waals surface area contributed by atoms with Crippen LogP contribution in [0.4, 0.5) is 10.1 Å². The third kappa shape index (κ3) is 5.70. The van der Waals surface area contributed by atoms with Gasteiger partial charge in [-0.05, 0) is 71.4 Å². The highest BCUT2D eigenvalue weighted by molar-refractivity contribution is 8.18. The summed E-state index contributed by atoms with van der Waals surface area (Å²) in [6.07, 6.45) is 1.72. The van der Waals surface area contributed by atoms with Crippen LogP contribution in [0.15, 0.2) is 76.6 Å². The number of hydrogen-bond donors (Lipinski definition) is 1. The molecule has 0 saturated carbocycles. The highest BCUT2D eigenvalue weighted by Crippen LogP contribution is 2.35. The Morgan fingerprint density at radius 3 is 2.66 bits per heavy atom. The molecule has 178 valence electrons. The van der Waals surface area contributed by atoms with Gasteiger partial charge in [-0.25, -0.2) is 14.2 Å². The number of nitrogens with zero attached hydrogens (tertiary/aromatic N) is 2. The van der Waals surface area contributed by atoms with Crippen LogP contribution in [0, 0.1) is 5.82 Å². The van der Waals surface area contributed by atoms with Gasteiger partial charge in [0.2, 0.25) is 0 Å². The lowest BCUT2D eigenvalue weighted by Gasteiger charge is -2.11. The molecule has 3 aromatic rings. The molecule has 4 rings (SSSR count). The number of benzene rings is 3. The highest BCUT2D eigenvalue weighted by atomic mass is 32.2. The Balaban J connectivity index is 1.53. The number of amidine groups is 1. The molecule has 0 unspecified atom stereocenters. The van der Waals surface area contributed by atoms with E-state index in [4.69, 9.17) is 9.47 Å². The Hall–Kier alpha value is -4.11. The van der Waals surface area contributed by atoms with Gasteiger partial charge in [0, 0.05) is 7.05 Å². The normalized spacial score (nSPS) is 15.6. The monoisotopic (exact) mass is 492 g/mol. The molecule has 0 aromatic heterocycles. The van der Waals surface area contributed by atoms with Crippen LogP contribution in [0.5, 0.6) is 11.5 Å². The van der Waals surface area contributed by atoms with Gasteiger partial charge >= 0.3 is 5.97 Å². The minimum atomic E-state index is -1.05. The predicted octanol–water partition coefficient (Wildman–Crippen LogP) is 5.35. The molecule has 1 heterocycles. The van der Waals surface area contributed by atoms with Crippen molar-refractivity contribution in [2.45, 2.75) is 6.61 Å². The highest BCUT2D eigenvalue weighted by Gasteiger charge is 2.30. The Morgan fingerprint density at radius 2 is 1.91 bits per heavy atom. The number of hydrogen-bond acceptors (Lipinski definition) is 6. The van der Waals surface area contributed by atoms with Crippen molar-refractivity contribution in [2.75, 3.05) is 14.2 Å². The van der Waals surface area contributed by atoms with Crippen LogP contribution in [0.1, 0.15) is 21.5 Å². The number of carboxylic acid groups (broad SMARTS) is 1. The molecule has 0 aliphatic carbocycles. The number of methoxy groups -OCH3 is 1. The third-order valence-electron chi connectivity index (χ3n) is 5.09. The molecular weight excluding hydrogens is 471 g/mol. The Morgan fingerprint density at radius 1 is 1.11 bits per heavy atom. The van der Waals surface area contributed by atoms with Crippen LogP contribution in [-0.4, -0.2) is 41.2 Å². The third-order valence-corrected chi connectivity index (χ3v) is 6.15. The molecule has 7 nitrogen and oxygen atoms in total. The number of halogens is 1. The SMILES string of the molecule is COc1cc(/C=C2\SC(=Nc3cccc(C(=O)O)c3)N(C)C2=O)ccc1OCc1cccc(F)c1. The molecule has 1 fully saturated rings. The average molecular weight is 493 g/mol. The quantitative estimate of drug-likeness (QED) is 0.448. The number of carbonyl (C=O) groups excluding carboxylic acids is 1. The van der Waals surface area contributed by atoms with Gasteiger partial charge in [-0.3, -0.25) is 9.69 Å². The van der Waals surface area contributed by atoms with E-state index in [0.717, 1.165) is 5.56 Å². The van der Waals surface area contributed by atoms with Crippen LogP contribution >= 0.6 is 11.8 Å². The standard InChI is InChI=1S/C26H21FN2O5S/c1-29-24(30)23(35-26(29)28-20-8-4-6-18(14-20)25(31)32)13-16-9-10-21(22(12-16)33-2)34-15-17-5-3-7-19(27)11-17/h3-14H,15H2,1-2H3,(H,31,32)/b23-13-,28-26?. The number of aliphatic imine (C=N–C) groups is 1. The van der Waals surface area contributed by atoms with E-state index in [0.29, 0.717) is 32.8 Å². The molecule has 1 saturated heterocycles. The van der Waals surface area contributed by atoms with Gasteiger partial charge in [-0.1, -0.05) is 24.3 Å². The minimum Gasteiger partial charge on any atom is -0.493 e. The van der Waals surface area contributed by atoms with Crippen molar-refractivity contribution < 1.29 is 28.6 Å². The first-order chi connectivity index (χ1) is 16.8. The zero-order valence-electron chi connectivity index (χ0n) is 18.9. The Labute approximate surface area is 205 Å². The Bertz CT molecular complexity index is 1360. The van der Waals surface area contributed by atoms with E-state index in [1.165, 1.54) is 48.0 Å². The summed E-state index contributed by atoms with van der Waals surface area (Å²) in [4.78, 5) is 30.3. The number of carbonyl (C=O) groups is 2. The number of thioether (sulfide) groups is 1. The maximum absolute atomic E-state index is 13.4. The van der Waals surface area contributed by atoms with Crippen molar-refractivity contribution in [1.82, 2.24) is 4.90 Å². The largest absolute Gasteiger partial charge is 0.493 e. The average Bonchev–Trinajstić information content (AvgIpc) is 3.11. The van der Waals surface area contributed by atoms with E-state index in [2.05, 4.69) is 4.99 Å². The van der Waals surface area contributed by atoms with Crippen LogP contribution in [0.2, 0.25) is 0 Å². The number of aromatic carboxylic acids is 1. The van der Waals surface area contributed by atoms with Gasteiger partial charge < -0.3 is 14.6 Å². The second kappa shape index (κ2) is 10.4. The minimum absolute atomic E-state index is 0.117. The van der Waals surface area contributed by atoms with Crippen molar-refractivity contribution in [1.29, 1.82) is 0 Å². The summed E-state index contributed by atoms with van der Waals surface area (Å²) < 4.78 is 24.6. The van der Waals surface area contributed by atoms with Crippen molar-refractivity contribution in [3.8, 4) is 11.5 Å². The zero-order chi connectivity index (χ0) is 24.9. The molecule has 1 aliphatic heterocycles. The molecular formula is C26H21FN2O5S. The molecule has 0 bridgehead atoms. The van der Waals surface area contributed by atoms with Crippen molar-refractivity contribution in [3.05, 3.63) is 94.1 Å². The van der Waals surface area contributed by atoms with Gasteiger partial charge in [0.1, 0.15) is 12.4 Å². The molecule has 1 amide bonds. The molecule has 0 atom stereocenters. The number of amides is 1. The van der Waals surface area contributed by atoms with Gasteiger partial charge in [0.05, 0.1) is 23.3 Å². The molecule has 1 N–H and O–H groups in total. The second-order valence-corrected chi connectivity index (χ2v) is 8.56. The first-order valence-corrected chi connectivity index (χ1v) is 11.3. The topological polar surface area (TPSA) is 88.4 Å².